The quantitative estimate of drug-likeness (QED) is 0.542. The second-order valence-electron chi connectivity index (χ2n) is 3.36. The van der Waals surface area contributed by atoms with Gasteiger partial charge in [0.2, 0.25) is 6.33 Å². The van der Waals surface area contributed by atoms with E-state index in [-0.39, 0.29) is 6.42 Å². The number of carboxylic acids is 1. The molecular formula is C10H16N2O3. The van der Waals surface area contributed by atoms with Crippen LogP contribution in [0.5, 0.6) is 0 Å². The maximum absolute atomic E-state index is 10.2. The van der Waals surface area contributed by atoms with Crippen molar-refractivity contribution in [3.05, 3.63) is 18.7 Å². The molecule has 1 rings (SSSR count). The molecule has 0 fully saturated rings. The molecule has 0 aromatic carbocycles. The summed E-state index contributed by atoms with van der Waals surface area (Å²) in [5.74, 6) is -0.991. The number of hydrogen-bond acceptors (Lipinski definition) is 3. The molecule has 1 aromatic heterocycles. The highest BCUT2D eigenvalue weighted by atomic mass is 16.5. The summed E-state index contributed by atoms with van der Waals surface area (Å²) < 4.78 is 8.91. The molecule has 1 heterocycles. The smallest absolute Gasteiger partial charge is 0.243 e. The van der Waals surface area contributed by atoms with Gasteiger partial charge in [-0.3, -0.25) is 0 Å². The van der Waals surface area contributed by atoms with Crippen molar-refractivity contribution >= 4 is 5.97 Å². The third-order valence-corrected chi connectivity index (χ3v) is 2.10. The number of carboxylic acid groups (broad SMARTS) is 1. The Balaban J connectivity index is 2.29. The van der Waals surface area contributed by atoms with Crippen LogP contribution < -0.4 is 9.67 Å². The summed E-state index contributed by atoms with van der Waals surface area (Å²) >= 11 is 0. The molecule has 84 valence electrons. The maximum Gasteiger partial charge on any atom is 0.243 e. The number of aliphatic carboxylic acids is 1. The van der Waals surface area contributed by atoms with Crippen LogP contribution in [0.25, 0.3) is 0 Å². The number of carbonyl (C=O) groups is 1. The number of aromatic nitrogens is 2. The lowest BCUT2D eigenvalue weighted by Crippen LogP contribution is -2.32. The summed E-state index contributed by atoms with van der Waals surface area (Å²) in [6, 6.07) is 0. The molecule has 0 spiro atoms. The van der Waals surface area contributed by atoms with E-state index in [1.54, 1.807) is 7.11 Å². The van der Waals surface area contributed by atoms with Crippen LogP contribution in [-0.2, 0) is 22.6 Å². The SMILES string of the molecule is COCCn1cc[n+](CCCC(=O)[O-])c1. The summed E-state index contributed by atoms with van der Waals surface area (Å²) in [4.78, 5) is 10.2. The molecule has 1 aromatic rings. The van der Waals surface area contributed by atoms with Crippen LogP contribution in [0.1, 0.15) is 12.8 Å². The normalized spacial score (nSPS) is 10.5. The molecule has 0 saturated carbocycles. The van der Waals surface area contributed by atoms with E-state index in [1.807, 2.05) is 27.9 Å². The summed E-state index contributed by atoms with van der Waals surface area (Å²) in [6.45, 7) is 2.19. The van der Waals surface area contributed by atoms with E-state index in [1.165, 1.54) is 0 Å². The molecule has 0 aliphatic heterocycles. The second-order valence-corrected chi connectivity index (χ2v) is 3.36. The van der Waals surface area contributed by atoms with Gasteiger partial charge in [-0.15, -0.1) is 0 Å². The van der Waals surface area contributed by atoms with Gasteiger partial charge in [-0.2, -0.15) is 0 Å². The lowest BCUT2D eigenvalue weighted by atomic mass is 10.3. The number of aryl methyl sites for hydroxylation is 1. The van der Waals surface area contributed by atoms with E-state index < -0.39 is 5.97 Å². The molecule has 0 N–H and O–H groups in total. The van der Waals surface area contributed by atoms with Crippen molar-refractivity contribution in [3.8, 4) is 0 Å². The summed E-state index contributed by atoms with van der Waals surface area (Å²) in [7, 11) is 1.66. The maximum atomic E-state index is 10.2. The number of methoxy groups -OCH3 is 1. The lowest BCUT2D eigenvalue weighted by molar-refractivity contribution is -0.696. The van der Waals surface area contributed by atoms with Crippen molar-refractivity contribution in [2.45, 2.75) is 25.9 Å². The zero-order chi connectivity index (χ0) is 11.1. The Morgan fingerprint density at radius 1 is 1.60 bits per heavy atom. The van der Waals surface area contributed by atoms with E-state index in [4.69, 9.17) is 4.74 Å². The number of carbonyl (C=O) groups excluding carboxylic acids is 1. The third kappa shape index (κ3) is 4.60. The molecule has 0 atom stereocenters. The summed E-state index contributed by atoms with van der Waals surface area (Å²) in [5.41, 5.74) is 0. The molecule has 0 radical (unpaired) electrons. The van der Waals surface area contributed by atoms with E-state index in [0.717, 1.165) is 6.54 Å². The minimum Gasteiger partial charge on any atom is -0.550 e. The first-order chi connectivity index (χ1) is 7.22. The fourth-order valence-corrected chi connectivity index (χ4v) is 1.31. The Labute approximate surface area is 88.9 Å². The van der Waals surface area contributed by atoms with Gasteiger partial charge >= 0.3 is 0 Å². The highest BCUT2D eigenvalue weighted by Crippen LogP contribution is 1.89. The van der Waals surface area contributed by atoms with Crippen molar-refractivity contribution in [3.63, 3.8) is 0 Å². The highest BCUT2D eigenvalue weighted by Gasteiger charge is 2.02. The Morgan fingerprint density at radius 2 is 2.40 bits per heavy atom. The number of ether oxygens (including phenoxy) is 1. The van der Waals surface area contributed by atoms with Gasteiger partial charge in [-0.25, -0.2) is 9.13 Å². The average Bonchev–Trinajstić information content (AvgIpc) is 2.62. The van der Waals surface area contributed by atoms with Crippen molar-refractivity contribution in [2.75, 3.05) is 13.7 Å². The minimum atomic E-state index is -0.991. The van der Waals surface area contributed by atoms with Gasteiger partial charge in [0, 0.05) is 13.1 Å². The minimum absolute atomic E-state index is 0.107. The van der Waals surface area contributed by atoms with E-state index in [0.29, 0.717) is 19.6 Å². The molecule has 0 saturated heterocycles. The van der Waals surface area contributed by atoms with Crippen molar-refractivity contribution in [1.29, 1.82) is 0 Å². The monoisotopic (exact) mass is 212 g/mol. The Bertz CT molecular complexity index is 309. The topological polar surface area (TPSA) is 58.2 Å². The van der Waals surface area contributed by atoms with E-state index in [2.05, 4.69) is 0 Å². The predicted octanol–water partition coefficient (Wildman–Crippen LogP) is -1.05. The predicted molar refractivity (Wildman–Crippen MR) is 50.7 cm³/mol. The fourth-order valence-electron chi connectivity index (χ4n) is 1.31. The summed E-state index contributed by atoms with van der Waals surface area (Å²) in [6.07, 6.45) is 6.51. The van der Waals surface area contributed by atoms with Crippen LogP contribution in [0.2, 0.25) is 0 Å². The number of hydrogen-bond donors (Lipinski definition) is 0. The second kappa shape index (κ2) is 6.19. The summed E-state index contributed by atoms with van der Waals surface area (Å²) in [5, 5.41) is 10.2. The molecule has 15 heavy (non-hydrogen) atoms. The third-order valence-electron chi connectivity index (χ3n) is 2.10. The number of imidazole rings is 1. The first kappa shape index (κ1) is 11.7. The van der Waals surface area contributed by atoms with Gasteiger partial charge in [-0.1, -0.05) is 0 Å². The molecule has 5 heteroatoms. The van der Waals surface area contributed by atoms with Gasteiger partial charge in [0.25, 0.3) is 0 Å². The zero-order valence-corrected chi connectivity index (χ0v) is 8.89. The number of nitrogens with zero attached hydrogens (tertiary/aromatic N) is 2. The highest BCUT2D eigenvalue weighted by molar-refractivity contribution is 5.63. The molecule has 0 aliphatic rings. The van der Waals surface area contributed by atoms with Crippen LogP contribution in [0.3, 0.4) is 0 Å². The molecule has 0 unspecified atom stereocenters. The van der Waals surface area contributed by atoms with Crippen molar-refractivity contribution < 1.29 is 19.2 Å². The van der Waals surface area contributed by atoms with Gasteiger partial charge in [0.05, 0.1) is 13.2 Å². The molecular weight excluding hydrogens is 196 g/mol. The standard InChI is InChI=1S/C10H16N2O3/c1-15-8-7-12-6-5-11(9-12)4-2-3-10(13)14/h5-6,9H,2-4,7-8H2,1H3. The Kier molecular flexibility index (Phi) is 4.83. The van der Waals surface area contributed by atoms with Gasteiger partial charge < -0.3 is 14.6 Å². The van der Waals surface area contributed by atoms with Crippen LogP contribution in [0, 0.1) is 0 Å². The van der Waals surface area contributed by atoms with Crippen LogP contribution >= 0.6 is 0 Å². The van der Waals surface area contributed by atoms with Crippen molar-refractivity contribution in [2.24, 2.45) is 0 Å². The zero-order valence-electron chi connectivity index (χ0n) is 8.89. The van der Waals surface area contributed by atoms with Gasteiger partial charge in [0.1, 0.15) is 18.9 Å². The van der Waals surface area contributed by atoms with Crippen LogP contribution in [0.4, 0.5) is 0 Å². The first-order valence-corrected chi connectivity index (χ1v) is 4.96. The van der Waals surface area contributed by atoms with Crippen LogP contribution in [0.15, 0.2) is 18.7 Å². The largest absolute Gasteiger partial charge is 0.550 e. The van der Waals surface area contributed by atoms with Crippen LogP contribution in [-0.4, -0.2) is 24.3 Å². The first-order valence-electron chi connectivity index (χ1n) is 4.96. The molecule has 0 aliphatic carbocycles. The molecule has 0 amide bonds. The van der Waals surface area contributed by atoms with E-state index >= 15 is 0 Å². The van der Waals surface area contributed by atoms with Gasteiger partial charge in [-0.05, 0) is 12.8 Å². The number of rotatable bonds is 7. The Hall–Kier alpha value is -1.36. The van der Waals surface area contributed by atoms with E-state index in [9.17, 15) is 9.90 Å². The Morgan fingerprint density at radius 3 is 3.07 bits per heavy atom. The lowest BCUT2D eigenvalue weighted by Gasteiger charge is -1.99. The molecule has 5 nitrogen and oxygen atoms in total. The average molecular weight is 212 g/mol. The van der Waals surface area contributed by atoms with Crippen molar-refractivity contribution in [1.82, 2.24) is 4.57 Å². The fraction of sp³-hybridized carbons (Fsp3) is 0.600. The van der Waals surface area contributed by atoms with Gasteiger partial charge in [0.15, 0.2) is 0 Å². The molecule has 0 bridgehead atoms.